The minimum atomic E-state index is -4.37. The Kier molecular flexibility index (Phi) is 4.16. The van der Waals surface area contributed by atoms with Crippen LogP contribution in [-0.2, 0) is 11.0 Å². The monoisotopic (exact) mass is 292 g/mol. The van der Waals surface area contributed by atoms with E-state index in [9.17, 15) is 18.0 Å². The number of aldehydes is 1. The number of benzene rings is 2. The molecule has 0 heterocycles. The molecule has 0 bridgehead atoms. The molecule has 0 aliphatic heterocycles. The third-order valence-electron chi connectivity index (χ3n) is 3.59. The highest BCUT2D eigenvalue weighted by molar-refractivity contribution is 5.70. The van der Waals surface area contributed by atoms with Crippen LogP contribution in [0.5, 0.6) is 0 Å². The molecule has 0 aromatic heterocycles. The summed E-state index contributed by atoms with van der Waals surface area (Å²) < 4.78 is 38.1. The van der Waals surface area contributed by atoms with E-state index in [0.717, 1.165) is 29.5 Å². The van der Waals surface area contributed by atoms with Crippen molar-refractivity contribution >= 4 is 6.29 Å². The molecule has 0 radical (unpaired) electrons. The minimum Gasteiger partial charge on any atom is -0.302 e. The van der Waals surface area contributed by atoms with Crippen LogP contribution in [0, 0.1) is 13.8 Å². The van der Waals surface area contributed by atoms with Crippen molar-refractivity contribution in [2.45, 2.75) is 25.9 Å². The first kappa shape index (κ1) is 15.3. The van der Waals surface area contributed by atoms with Crippen molar-refractivity contribution in [3.05, 3.63) is 70.3 Å². The van der Waals surface area contributed by atoms with E-state index in [4.69, 9.17) is 0 Å². The van der Waals surface area contributed by atoms with Gasteiger partial charge in [0.25, 0.3) is 0 Å². The van der Waals surface area contributed by atoms with Gasteiger partial charge in [0.15, 0.2) is 0 Å². The van der Waals surface area contributed by atoms with Gasteiger partial charge in [0.2, 0.25) is 0 Å². The van der Waals surface area contributed by atoms with Gasteiger partial charge in [0.05, 0.1) is 11.5 Å². The van der Waals surface area contributed by atoms with E-state index in [0.29, 0.717) is 11.1 Å². The molecule has 21 heavy (non-hydrogen) atoms. The minimum absolute atomic E-state index is 0.463. The fourth-order valence-electron chi connectivity index (χ4n) is 2.45. The molecule has 0 unspecified atom stereocenters. The smallest absolute Gasteiger partial charge is 0.302 e. The summed E-state index contributed by atoms with van der Waals surface area (Å²) in [5, 5.41) is 0. The van der Waals surface area contributed by atoms with Crippen molar-refractivity contribution < 1.29 is 18.0 Å². The summed E-state index contributed by atoms with van der Waals surface area (Å²) in [6.45, 7) is 3.48. The number of hydrogen-bond acceptors (Lipinski definition) is 1. The highest BCUT2D eigenvalue weighted by Crippen LogP contribution is 2.33. The third-order valence-corrected chi connectivity index (χ3v) is 3.59. The van der Waals surface area contributed by atoms with Gasteiger partial charge in [-0.1, -0.05) is 30.3 Å². The van der Waals surface area contributed by atoms with E-state index < -0.39 is 17.7 Å². The average molecular weight is 292 g/mol. The predicted molar refractivity (Wildman–Crippen MR) is 75.3 cm³/mol. The number of halogens is 3. The molecule has 1 atom stereocenters. The summed E-state index contributed by atoms with van der Waals surface area (Å²) in [4.78, 5) is 11.5. The zero-order chi connectivity index (χ0) is 15.6. The van der Waals surface area contributed by atoms with E-state index in [1.54, 1.807) is 6.92 Å². The summed E-state index contributed by atoms with van der Waals surface area (Å²) in [6, 6.07) is 10.9. The predicted octanol–water partition coefficient (Wildman–Crippen LogP) is 4.65. The largest absolute Gasteiger partial charge is 0.416 e. The first-order chi connectivity index (χ1) is 9.84. The van der Waals surface area contributed by atoms with Gasteiger partial charge in [-0.3, -0.25) is 0 Å². The molecular weight excluding hydrogens is 277 g/mol. The lowest BCUT2D eigenvalue weighted by Gasteiger charge is -2.17. The average Bonchev–Trinajstić information content (AvgIpc) is 2.42. The molecule has 1 nitrogen and oxygen atoms in total. The molecule has 2 aromatic rings. The first-order valence-electron chi connectivity index (χ1n) is 6.53. The Bertz CT molecular complexity index is 659. The molecule has 0 fully saturated rings. The summed E-state index contributed by atoms with van der Waals surface area (Å²) in [5.41, 5.74) is 2.12. The van der Waals surface area contributed by atoms with Crippen molar-refractivity contribution in [1.29, 1.82) is 0 Å². The van der Waals surface area contributed by atoms with Gasteiger partial charge in [0.1, 0.15) is 6.29 Å². The van der Waals surface area contributed by atoms with Crippen LogP contribution < -0.4 is 0 Å². The maximum absolute atomic E-state index is 12.7. The molecule has 0 amide bonds. The van der Waals surface area contributed by atoms with Gasteiger partial charge in [-0.15, -0.1) is 0 Å². The second-order valence-electron chi connectivity index (χ2n) is 5.04. The summed E-state index contributed by atoms with van der Waals surface area (Å²) in [5.74, 6) is -0.548. The normalized spacial score (nSPS) is 13.0. The number of aryl methyl sites for hydroxylation is 2. The fourth-order valence-corrected chi connectivity index (χ4v) is 2.45. The lowest BCUT2D eigenvalue weighted by atomic mass is 9.86. The van der Waals surface area contributed by atoms with Crippen molar-refractivity contribution in [2.75, 3.05) is 0 Å². The van der Waals surface area contributed by atoms with Gasteiger partial charge < -0.3 is 4.79 Å². The highest BCUT2D eigenvalue weighted by Gasteiger charge is 2.31. The number of rotatable bonds is 3. The van der Waals surface area contributed by atoms with Crippen LogP contribution in [0.15, 0.2) is 42.5 Å². The molecule has 2 rings (SSSR count). The van der Waals surface area contributed by atoms with Crippen molar-refractivity contribution in [1.82, 2.24) is 0 Å². The molecule has 0 spiro atoms. The van der Waals surface area contributed by atoms with Crippen LogP contribution in [0.2, 0.25) is 0 Å². The zero-order valence-electron chi connectivity index (χ0n) is 11.7. The van der Waals surface area contributed by atoms with Crippen LogP contribution >= 0.6 is 0 Å². The first-order valence-corrected chi connectivity index (χ1v) is 6.53. The summed E-state index contributed by atoms with van der Waals surface area (Å²) >= 11 is 0. The third kappa shape index (κ3) is 3.15. The Balaban J connectivity index is 2.50. The van der Waals surface area contributed by atoms with Crippen LogP contribution in [0.25, 0.3) is 0 Å². The van der Waals surface area contributed by atoms with E-state index in [-0.39, 0.29) is 0 Å². The van der Waals surface area contributed by atoms with Crippen molar-refractivity contribution in [3.8, 4) is 0 Å². The maximum atomic E-state index is 12.7. The standard InChI is InChI=1S/C17H15F3O/c1-11-5-3-4-6-14(11)16(10-21)15-8-7-13(9-12(15)2)17(18,19)20/h3-10,16H,1-2H3/t16-/m1/s1. The van der Waals surface area contributed by atoms with E-state index in [1.165, 1.54) is 6.07 Å². The lowest BCUT2D eigenvalue weighted by molar-refractivity contribution is -0.137. The molecule has 110 valence electrons. The van der Waals surface area contributed by atoms with E-state index >= 15 is 0 Å². The molecule has 0 saturated carbocycles. The Morgan fingerprint density at radius 2 is 1.57 bits per heavy atom. The molecule has 0 aliphatic rings. The van der Waals surface area contributed by atoms with Gasteiger partial charge in [-0.25, -0.2) is 0 Å². The number of alkyl halides is 3. The van der Waals surface area contributed by atoms with Crippen molar-refractivity contribution in [3.63, 3.8) is 0 Å². The Morgan fingerprint density at radius 3 is 2.10 bits per heavy atom. The fraction of sp³-hybridized carbons (Fsp3) is 0.235. The lowest BCUT2D eigenvalue weighted by Crippen LogP contribution is -2.10. The second-order valence-corrected chi connectivity index (χ2v) is 5.04. The number of hydrogen-bond donors (Lipinski definition) is 0. The summed E-state index contributed by atoms with van der Waals surface area (Å²) in [6.07, 6.45) is -3.60. The molecule has 4 heteroatoms. The molecule has 0 saturated heterocycles. The zero-order valence-corrected chi connectivity index (χ0v) is 11.7. The molecular formula is C17H15F3O. The Morgan fingerprint density at radius 1 is 0.952 bits per heavy atom. The number of carbonyl (C=O) groups is 1. The van der Waals surface area contributed by atoms with Crippen LogP contribution in [0.1, 0.15) is 33.7 Å². The molecule has 0 aliphatic carbocycles. The van der Waals surface area contributed by atoms with Gasteiger partial charge in [0, 0.05) is 0 Å². The highest BCUT2D eigenvalue weighted by atomic mass is 19.4. The van der Waals surface area contributed by atoms with Crippen LogP contribution in [0.4, 0.5) is 13.2 Å². The number of carbonyl (C=O) groups excluding carboxylic acids is 1. The van der Waals surface area contributed by atoms with Crippen molar-refractivity contribution in [2.24, 2.45) is 0 Å². The quantitative estimate of drug-likeness (QED) is 0.752. The van der Waals surface area contributed by atoms with Gasteiger partial charge in [-0.05, 0) is 48.2 Å². The maximum Gasteiger partial charge on any atom is 0.416 e. The van der Waals surface area contributed by atoms with Gasteiger partial charge >= 0.3 is 6.18 Å². The van der Waals surface area contributed by atoms with Crippen LogP contribution in [0.3, 0.4) is 0 Å². The topological polar surface area (TPSA) is 17.1 Å². The SMILES string of the molecule is Cc1ccccc1[C@@H](C=O)c1ccc(C(F)(F)F)cc1C. The summed E-state index contributed by atoms with van der Waals surface area (Å²) in [7, 11) is 0. The molecule has 2 aromatic carbocycles. The van der Waals surface area contributed by atoms with Gasteiger partial charge in [-0.2, -0.15) is 13.2 Å². The second kappa shape index (κ2) is 5.72. The van der Waals surface area contributed by atoms with E-state index in [1.807, 2.05) is 31.2 Å². The Hall–Kier alpha value is -2.10. The van der Waals surface area contributed by atoms with Crippen LogP contribution in [-0.4, -0.2) is 6.29 Å². The van der Waals surface area contributed by atoms with E-state index in [2.05, 4.69) is 0 Å². The molecule has 0 N–H and O–H groups in total. The Labute approximate surface area is 121 Å².